The predicted molar refractivity (Wildman–Crippen MR) is 48.3 cm³/mol. The number of ether oxygens (including phenoxy) is 1. The van der Waals surface area contributed by atoms with Crippen LogP contribution in [0.3, 0.4) is 0 Å². The largest absolute Gasteiger partial charge is 0.401 e. The molecule has 0 rings (SSSR count). The first kappa shape index (κ1) is 13.7. The Balaban J connectivity index is 3.31. The number of alkyl halides is 3. The zero-order valence-corrected chi connectivity index (χ0v) is 8.45. The Morgan fingerprint density at radius 3 is 2.50 bits per heavy atom. The van der Waals surface area contributed by atoms with Crippen LogP contribution in [0.25, 0.3) is 0 Å². The number of hydrogen-bond acceptors (Lipinski definition) is 3. The summed E-state index contributed by atoms with van der Waals surface area (Å²) in [7, 11) is 1.58. The summed E-state index contributed by atoms with van der Waals surface area (Å²) in [5.41, 5.74) is 0. The molecule has 0 fully saturated rings. The van der Waals surface area contributed by atoms with Crippen molar-refractivity contribution in [1.82, 2.24) is 10.6 Å². The molecule has 0 aliphatic rings. The molecule has 0 saturated heterocycles. The Bertz CT molecular complexity index is 141. The maximum atomic E-state index is 11.7. The highest BCUT2D eigenvalue weighted by atomic mass is 19.4. The summed E-state index contributed by atoms with van der Waals surface area (Å²) in [6.07, 6.45) is -4.13. The van der Waals surface area contributed by atoms with E-state index in [1.165, 1.54) is 0 Å². The van der Waals surface area contributed by atoms with Crippen molar-refractivity contribution >= 4 is 0 Å². The van der Waals surface area contributed by atoms with Crippen molar-refractivity contribution in [3.8, 4) is 0 Å². The van der Waals surface area contributed by atoms with Crippen LogP contribution < -0.4 is 10.6 Å². The Morgan fingerprint density at radius 1 is 1.36 bits per heavy atom. The van der Waals surface area contributed by atoms with Gasteiger partial charge < -0.3 is 15.4 Å². The normalized spacial score (nSPS) is 14.4. The van der Waals surface area contributed by atoms with Gasteiger partial charge in [0.25, 0.3) is 0 Å². The maximum Gasteiger partial charge on any atom is 0.401 e. The van der Waals surface area contributed by atoms with Crippen molar-refractivity contribution in [3.63, 3.8) is 0 Å². The lowest BCUT2D eigenvalue weighted by molar-refractivity contribution is -0.124. The second-order valence-electron chi connectivity index (χ2n) is 3.09. The number of nitrogens with one attached hydrogen (secondary N) is 2. The molecule has 2 N–H and O–H groups in total. The molecule has 1 atom stereocenters. The molecule has 3 nitrogen and oxygen atoms in total. The number of hydrogen-bond donors (Lipinski definition) is 2. The van der Waals surface area contributed by atoms with Crippen LogP contribution in [0.4, 0.5) is 13.2 Å². The van der Waals surface area contributed by atoms with Crippen molar-refractivity contribution in [3.05, 3.63) is 0 Å². The van der Waals surface area contributed by atoms with Gasteiger partial charge in [-0.2, -0.15) is 13.2 Å². The van der Waals surface area contributed by atoms with Crippen molar-refractivity contribution in [2.75, 3.05) is 33.4 Å². The van der Waals surface area contributed by atoms with E-state index in [9.17, 15) is 13.2 Å². The summed E-state index contributed by atoms with van der Waals surface area (Å²) in [4.78, 5) is 0. The molecule has 86 valence electrons. The van der Waals surface area contributed by atoms with E-state index in [2.05, 4.69) is 10.6 Å². The highest BCUT2D eigenvalue weighted by Crippen LogP contribution is 2.11. The Hall–Kier alpha value is -0.330. The monoisotopic (exact) mass is 214 g/mol. The summed E-state index contributed by atoms with van der Waals surface area (Å²) in [5.74, 6) is 0. The van der Waals surface area contributed by atoms with Crippen LogP contribution >= 0.6 is 0 Å². The summed E-state index contributed by atoms with van der Waals surface area (Å²) in [6, 6.07) is 0.00694. The first-order chi connectivity index (χ1) is 6.45. The quantitative estimate of drug-likeness (QED) is 0.614. The van der Waals surface area contributed by atoms with Gasteiger partial charge in [0.15, 0.2) is 0 Å². The van der Waals surface area contributed by atoms with Gasteiger partial charge in [0.05, 0.1) is 13.2 Å². The first-order valence-corrected chi connectivity index (χ1v) is 4.45. The van der Waals surface area contributed by atoms with Crippen molar-refractivity contribution < 1.29 is 17.9 Å². The third kappa shape index (κ3) is 9.76. The minimum atomic E-state index is -4.13. The van der Waals surface area contributed by atoms with Crippen LogP contribution in [0.5, 0.6) is 0 Å². The molecule has 0 amide bonds. The van der Waals surface area contributed by atoms with Gasteiger partial charge in [-0.1, -0.05) is 0 Å². The average molecular weight is 214 g/mol. The van der Waals surface area contributed by atoms with Gasteiger partial charge in [0.1, 0.15) is 0 Å². The van der Waals surface area contributed by atoms with Gasteiger partial charge in [0, 0.05) is 26.2 Å². The maximum absolute atomic E-state index is 11.7. The van der Waals surface area contributed by atoms with E-state index in [1.807, 2.05) is 6.92 Å². The van der Waals surface area contributed by atoms with Crippen LogP contribution in [0.15, 0.2) is 0 Å². The molecule has 14 heavy (non-hydrogen) atoms. The summed E-state index contributed by atoms with van der Waals surface area (Å²) >= 11 is 0. The fraction of sp³-hybridized carbons (Fsp3) is 1.00. The van der Waals surface area contributed by atoms with E-state index in [1.54, 1.807) is 7.11 Å². The zero-order valence-electron chi connectivity index (χ0n) is 8.45. The standard InChI is InChI=1S/C8H17F3N2O/c1-7(13-3-4-14-2)5-12-6-8(9,10)11/h7,12-13H,3-6H2,1-2H3. The third-order valence-electron chi connectivity index (χ3n) is 1.57. The predicted octanol–water partition coefficient (Wildman–Crippen LogP) is 0.763. The van der Waals surface area contributed by atoms with Crippen LogP contribution in [-0.4, -0.2) is 45.6 Å². The summed E-state index contributed by atoms with van der Waals surface area (Å²) in [5, 5.41) is 5.34. The lowest BCUT2D eigenvalue weighted by Gasteiger charge is -2.15. The highest BCUT2D eigenvalue weighted by Gasteiger charge is 2.26. The fourth-order valence-corrected chi connectivity index (χ4v) is 0.910. The van der Waals surface area contributed by atoms with E-state index in [4.69, 9.17) is 4.74 Å². The minimum absolute atomic E-state index is 0.00694. The molecule has 1 unspecified atom stereocenters. The molecular weight excluding hydrogens is 197 g/mol. The van der Waals surface area contributed by atoms with E-state index in [-0.39, 0.29) is 6.04 Å². The van der Waals surface area contributed by atoms with Crippen molar-refractivity contribution in [2.24, 2.45) is 0 Å². The third-order valence-corrected chi connectivity index (χ3v) is 1.57. The molecule has 0 aliphatic carbocycles. The van der Waals surface area contributed by atoms with Gasteiger partial charge in [-0.25, -0.2) is 0 Å². The Morgan fingerprint density at radius 2 is 2.00 bits per heavy atom. The smallest absolute Gasteiger partial charge is 0.383 e. The van der Waals surface area contributed by atoms with Gasteiger partial charge >= 0.3 is 6.18 Å². The van der Waals surface area contributed by atoms with Gasteiger partial charge in [-0.15, -0.1) is 0 Å². The van der Waals surface area contributed by atoms with Crippen LogP contribution in [-0.2, 0) is 4.74 Å². The molecular formula is C8H17F3N2O. The molecule has 0 aromatic rings. The molecule has 0 bridgehead atoms. The second-order valence-corrected chi connectivity index (χ2v) is 3.09. The van der Waals surface area contributed by atoms with E-state index < -0.39 is 12.7 Å². The van der Waals surface area contributed by atoms with Gasteiger partial charge in [-0.3, -0.25) is 0 Å². The summed E-state index contributed by atoms with van der Waals surface area (Å²) in [6.45, 7) is 2.38. The first-order valence-electron chi connectivity index (χ1n) is 4.45. The Labute approximate surface area is 82.0 Å². The van der Waals surface area contributed by atoms with Crippen molar-refractivity contribution in [1.29, 1.82) is 0 Å². The number of methoxy groups -OCH3 is 1. The molecule has 6 heteroatoms. The van der Waals surface area contributed by atoms with Crippen molar-refractivity contribution in [2.45, 2.75) is 19.1 Å². The van der Waals surface area contributed by atoms with Crippen LogP contribution in [0.1, 0.15) is 6.92 Å². The lowest BCUT2D eigenvalue weighted by atomic mass is 10.3. The molecule has 0 aromatic heterocycles. The fourth-order valence-electron chi connectivity index (χ4n) is 0.910. The molecule has 0 saturated carbocycles. The topological polar surface area (TPSA) is 33.3 Å². The van der Waals surface area contributed by atoms with E-state index in [0.717, 1.165) is 0 Å². The highest BCUT2D eigenvalue weighted by molar-refractivity contribution is 4.65. The van der Waals surface area contributed by atoms with Gasteiger partial charge in [-0.05, 0) is 6.92 Å². The number of rotatable bonds is 7. The number of halogens is 3. The summed E-state index contributed by atoms with van der Waals surface area (Å²) < 4.78 is 39.9. The molecule has 0 spiro atoms. The van der Waals surface area contributed by atoms with E-state index in [0.29, 0.717) is 19.7 Å². The SMILES string of the molecule is COCCNC(C)CNCC(F)(F)F. The average Bonchev–Trinajstić information content (AvgIpc) is 2.02. The second kappa shape index (κ2) is 7.03. The zero-order chi connectivity index (χ0) is 11.0. The lowest BCUT2D eigenvalue weighted by Crippen LogP contribution is -2.40. The van der Waals surface area contributed by atoms with Gasteiger partial charge in [0.2, 0.25) is 0 Å². The minimum Gasteiger partial charge on any atom is -0.383 e. The molecule has 0 radical (unpaired) electrons. The molecule has 0 heterocycles. The molecule has 0 aliphatic heterocycles. The Kier molecular flexibility index (Phi) is 6.86. The van der Waals surface area contributed by atoms with E-state index >= 15 is 0 Å². The van der Waals surface area contributed by atoms with Crippen LogP contribution in [0, 0.1) is 0 Å². The molecule has 0 aromatic carbocycles. The van der Waals surface area contributed by atoms with Crippen LogP contribution in [0.2, 0.25) is 0 Å².